The van der Waals surface area contributed by atoms with Gasteiger partial charge >= 0.3 is 0 Å². The predicted octanol–water partition coefficient (Wildman–Crippen LogP) is 2.05. The first kappa shape index (κ1) is 20.0. The summed E-state index contributed by atoms with van der Waals surface area (Å²) >= 11 is 0. The van der Waals surface area contributed by atoms with Crippen molar-refractivity contribution in [3.05, 3.63) is 65.7 Å². The Bertz CT molecular complexity index is 1030. The number of fused-ring (bicyclic) bond motifs is 1. The summed E-state index contributed by atoms with van der Waals surface area (Å²) in [6.45, 7) is 1.64. The van der Waals surface area contributed by atoms with Crippen LogP contribution >= 0.6 is 0 Å². The van der Waals surface area contributed by atoms with Crippen molar-refractivity contribution < 1.29 is 14.0 Å². The highest BCUT2D eigenvalue weighted by Crippen LogP contribution is 2.18. The van der Waals surface area contributed by atoms with E-state index in [0.29, 0.717) is 31.0 Å². The molecule has 0 radical (unpaired) electrons. The molecule has 0 saturated carbocycles. The van der Waals surface area contributed by atoms with Crippen molar-refractivity contribution in [1.82, 2.24) is 25.1 Å². The standard InChI is InChI=1S/C22H24FN5O2/c1-27(14-20-25-17-8-4-5-9-18(17)26-20)21(29)12-19-22(30)24-10-11-28(19)13-15-6-2-3-7-16(15)23/h2-9,19H,10-14H2,1H3,(H,24,30)(H,25,26). The van der Waals surface area contributed by atoms with E-state index in [1.165, 1.54) is 6.07 Å². The lowest BCUT2D eigenvalue weighted by molar-refractivity contribution is -0.138. The van der Waals surface area contributed by atoms with Crippen molar-refractivity contribution in [2.45, 2.75) is 25.6 Å². The second kappa shape index (κ2) is 8.62. The minimum Gasteiger partial charge on any atom is -0.353 e. The fourth-order valence-corrected chi connectivity index (χ4v) is 3.73. The van der Waals surface area contributed by atoms with Crippen molar-refractivity contribution in [1.29, 1.82) is 0 Å². The van der Waals surface area contributed by atoms with E-state index in [4.69, 9.17) is 0 Å². The van der Waals surface area contributed by atoms with Crippen LogP contribution in [0.3, 0.4) is 0 Å². The molecule has 1 fully saturated rings. The maximum absolute atomic E-state index is 14.1. The molecule has 156 valence electrons. The zero-order valence-electron chi connectivity index (χ0n) is 16.8. The number of imidazole rings is 1. The monoisotopic (exact) mass is 409 g/mol. The molecule has 2 amide bonds. The van der Waals surface area contributed by atoms with Gasteiger partial charge < -0.3 is 15.2 Å². The molecule has 2 N–H and O–H groups in total. The number of carbonyl (C=O) groups excluding carboxylic acids is 2. The summed E-state index contributed by atoms with van der Waals surface area (Å²) in [4.78, 5) is 36.4. The summed E-state index contributed by atoms with van der Waals surface area (Å²) in [5.41, 5.74) is 2.27. The van der Waals surface area contributed by atoms with E-state index < -0.39 is 6.04 Å². The topological polar surface area (TPSA) is 81.3 Å². The Labute approximate surface area is 173 Å². The van der Waals surface area contributed by atoms with Gasteiger partial charge in [-0.1, -0.05) is 30.3 Å². The van der Waals surface area contributed by atoms with Crippen molar-refractivity contribution in [3.8, 4) is 0 Å². The SMILES string of the molecule is CN(Cc1nc2ccccc2[nH]1)C(=O)CC1C(=O)NCCN1Cc1ccccc1F. The summed E-state index contributed by atoms with van der Waals surface area (Å²) in [7, 11) is 1.69. The Morgan fingerprint density at radius 2 is 2.00 bits per heavy atom. The number of para-hydroxylation sites is 2. The molecular weight excluding hydrogens is 385 g/mol. The van der Waals surface area contributed by atoms with Crippen LogP contribution in [0.25, 0.3) is 11.0 Å². The minimum atomic E-state index is -0.635. The van der Waals surface area contributed by atoms with Crippen molar-refractivity contribution in [2.24, 2.45) is 0 Å². The van der Waals surface area contributed by atoms with Crippen molar-refractivity contribution in [3.63, 3.8) is 0 Å². The molecule has 8 heteroatoms. The number of nitrogens with one attached hydrogen (secondary N) is 2. The van der Waals surface area contributed by atoms with Gasteiger partial charge in [-0.05, 0) is 18.2 Å². The number of rotatable bonds is 6. The van der Waals surface area contributed by atoms with Crippen molar-refractivity contribution >= 4 is 22.8 Å². The van der Waals surface area contributed by atoms with Gasteiger partial charge in [0.15, 0.2) is 0 Å². The van der Waals surface area contributed by atoms with Gasteiger partial charge in [-0.25, -0.2) is 9.37 Å². The summed E-state index contributed by atoms with van der Waals surface area (Å²) in [6, 6.07) is 13.5. The number of benzene rings is 2. The van der Waals surface area contributed by atoms with Crippen LogP contribution in [0, 0.1) is 5.82 Å². The Hall–Kier alpha value is -3.26. The third kappa shape index (κ3) is 4.33. The van der Waals surface area contributed by atoms with Gasteiger partial charge in [0.25, 0.3) is 0 Å². The van der Waals surface area contributed by atoms with Gasteiger partial charge in [-0.3, -0.25) is 14.5 Å². The Morgan fingerprint density at radius 1 is 1.23 bits per heavy atom. The number of halogens is 1. The number of hydrogen-bond acceptors (Lipinski definition) is 4. The highest BCUT2D eigenvalue weighted by atomic mass is 19.1. The van der Waals surface area contributed by atoms with Gasteiger partial charge in [0.2, 0.25) is 11.8 Å². The summed E-state index contributed by atoms with van der Waals surface area (Å²) in [5.74, 6) is -0.00182. The van der Waals surface area contributed by atoms with Gasteiger partial charge in [0.1, 0.15) is 11.6 Å². The molecule has 0 spiro atoms. The van der Waals surface area contributed by atoms with E-state index in [2.05, 4.69) is 15.3 Å². The number of H-pyrrole nitrogens is 1. The summed E-state index contributed by atoms with van der Waals surface area (Å²) in [6.07, 6.45) is 0.0248. The quantitative estimate of drug-likeness (QED) is 0.653. The first-order valence-corrected chi connectivity index (χ1v) is 9.94. The van der Waals surface area contributed by atoms with Crippen LogP contribution in [-0.4, -0.2) is 57.8 Å². The molecule has 3 aromatic rings. The van der Waals surface area contributed by atoms with Crippen LogP contribution < -0.4 is 5.32 Å². The average molecular weight is 409 g/mol. The Morgan fingerprint density at radius 3 is 2.80 bits per heavy atom. The fraction of sp³-hybridized carbons (Fsp3) is 0.318. The highest BCUT2D eigenvalue weighted by Gasteiger charge is 2.32. The third-order valence-corrected chi connectivity index (χ3v) is 5.39. The molecule has 1 unspecified atom stereocenters. The van der Waals surface area contributed by atoms with E-state index in [1.807, 2.05) is 29.2 Å². The Kier molecular flexibility index (Phi) is 5.76. The van der Waals surface area contributed by atoms with Gasteiger partial charge in [0.05, 0.1) is 30.0 Å². The van der Waals surface area contributed by atoms with Crippen LogP contribution in [0.15, 0.2) is 48.5 Å². The molecule has 1 atom stereocenters. The lowest BCUT2D eigenvalue weighted by atomic mass is 10.1. The van der Waals surface area contributed by atoms with Gasteiger partial charge in [0, 0.05) is 32.2 Å². The second-order valence-electron chi connectivity index (χ2n) is 7.52. The van der Waals surface area contributed by atoms with Crippen LogP contribution in [0.4, 0.5) is 4.39 Å². The number of aromatic nitrogens is 2. The maximum Gasteiger partial charge on any atom is 0.237 e. The minimum absolute atomic E-state index is 0.0248. The predicted molar refractivity (Wildman–Crippen MR) is 111 cm³/mol. The van der Waals surface area contributed by atoms with Gasteiger partial charge in [-0.2, -0.15) is 0 Å². The average Bonchev–Trinajstić information content (AvgIpc) is 3.14. The first-order valence-electron chi connectivity index (χ1n) is 9.94. The molecule has 1 aliphatic heterocycles. The van der Waals surface area contributed by atoms with E-state index in [0.717, 1.165) is 11.0 Å². The molecule has 2 heterocycles. The number of nitrogens with zero attached hydrogens (tertiary/aromatic N) is 3. The highest BCUT2D eigenvalue weighted by molar-refractivity contribution is 5.88. The number of carbonyl (C=O) groups is 2. The number of piperazine rings is 1. The molecule has 7 nitrogen and oxygen atoms in total. The lowest BCUT2D eigenvalue weighted by Gasteiger charge is -2.35. The molecule has 0 aliphatic carbocycles. The van der Waals surface area contributed by atoms with Crippen LogP contribution in [0.2, 0.25) is 0 Å². The molecule has 30 heavy (non-hydrogen) atoms. The fourth-order valence-electron chi connectivity index (χ4n) is 3.73. The molecule has 1 aromatic heterocycles. The maximum atomic E-state index is 14.1. The number of aromatic amines is 1. The zero-order valence-corrected chi connectivity index (χ0v) is 16.8. The summed E-state index contributed by atoms with van der Waals surface area (Å²) < 4.78 is 14.1. The summed E-state index contributed by atoms with van der Waals surface area (Å²) in [5, 5.41) is 2.81. The van der Waals surface area contributed by atoms with E-state index in [9.17, 15) is 14.0 Å². The molecule has 4 rings (SSSR count). The molecular formula is C22H24FN5O2. The van der Waals surface area contributed by atoms with Crippen LogP contribution in [-0.2, 0) is 22.7 Å². The third-order valence-electron chi connectivity index (χ3n) is 5.39. The smallest absolute Gasteiger partial charge is 0.237 e. The molecule has 2 aromatic carbocycles. The second-order valence-corrected chi connectivity index (χ2v) is 7.52. The number of hydrogen-bond donors (Lipinski definition) is 2. The van der Waals surface area contributed by atoms with E-state index >= 15 is 0 Å². The molecule has 1 saturated heterocycles. The number of amides is 2. The lowest BCUT2D eigenvalue weighted by Crippen LogP contribution is -2.56. The van der Waals surface area contributed by atoms with Crippen LogP contribution in [0.1, 0.15) is 17.8 Å². The van der Waals surface area contributed by atoms with E-state index in [-0.39, 0.29) is 30.6 Å². The normalized spacial score (nSPS) is 17.1. The van der Waals surface area contributed by atoms with Crippen LogP contribution in [0.5, 0.6) is 0 Å². The Balaban J connectivity index is 1.43. The van der Waals surface area contributed by atoms with Crippen molar-refractivity contribution in [2.75, 3.05) is 20.1 Å². The van der Waals surface area contributed by atoms with E-state index in [1.54, 1.807) is 30.1 Å². The largest absolute Gasteiger partial charge is 0.353 e. The molecule has 0 bridgehead atoms. The zero-order chi connectivity index (χ0) is 21.1. The molecule has 1 aliphatic rings. The first-order chi connectivity index (χ1) is 14.5. The van der Waals surface area contributed by atoms with Gasteiger partial charge in [-0.15, -0.1) is 0 Å².